The van der Waals surface area contributed by atoms with E-state index in [2.05, 4.69) is 20.4 Å². The molecule has 1 aliphatic heterocycles. The topological polar surface area (TPSA) is 73.1 Å². The van der Waals surface area contributed by atoms with Gasteiger partial charge in [-0.3, -0.25) is 0 Å². The van der Waals surface area contributed by atoms with Crippen molar-refractivity contribution in [2.24, 2.45) is 0 Å². The summed E-state index contributed by atoms with van der Waals surface area (Å²) in [6.07, 6.45) is 3.53. The summed E-state index contributed by atoms with van der Waals surface area (Å²) in [5.74, 6) is 0.839. The van der Waals surface area contributed by atoms with E-state index in [9.17, 15) is 4.39 Å². The predicted molar refractivity (Wildman–Crippen MR) is 93.9 cm³/mol. The Balaban J connectivity index is 1.61. The number of aryl methyl sites for hydroxylation is 1. The highest BCUT2D eigenvalue weighted by Gasteiger charge is 2.25. The van der Waals surface area contributed by atoms with E-state index in [0.717, 1.165) is 42.0 Å². The lowest BCUT2D eigenvalue weighted by molar-refractivity contribution is 0.109. The summed E-state index contributed by atoms with van der Waals surface area (Å²) < 4.78 is 24.5. The van der Waals surface area contributed by atoms with Gasteiger partial charge in [0.15, 0.2) is 5.76 Å². The van der Waals surface area contributed by atoms with E-state index in [1.807, 2.05) is 19.1 Å². The number of aromatic nitrogens is 3. The number of nitrogens with zero attached hydrogens (tertiary/aromatic N) is 3. The van der Waals surface area contributed by atoms with Crippen LogP contribution in [0.4, 0.5) is 10.3 Å². The minimum atomic E-state index is -0.263. The second kappa shape index (κ2) is 7.21. The molecule has 26 heavy (non-hydrogen) atoms. The molecule has 6 nitrogen and oxygen atoms in total. The van der Waals surface area contributed by atoms with Crippen LogP contribution in [0.5, 0.6) is 0 Å². The summed E-state index contributed by atoms with van der Waals surface area (Å²) >= 11 is 0. The van der Waals surface area contributed by atoms with Crippen molar-refractivity contribution in [3.63, 3.8) is 0 Å². The van der Waals surface area contributed by atoms with E-state index < -0.39 is 0 Å². The highest BCUT2D eigenvalue weighted by atomic mass is 19.1. The summed E-state index contributed by atoms with van der Waals surface area (Å²) in [7, 11) is 0. The number of nitrogens with one attached hydrogen (secondary N) is 1. The van der Waals surface area contributed by atoms with Crippen molar-refractivity contribution < 1.29 is 13.7 Å². The molecule has 0 amide bonds. The van der Waals surface area contributed by atoms with E-state index >= 15 is 0 Å². The highest BCUT2D eigenvalue weighted by molar-refractivity contribution is 5.61. The normalized spacial score (nSPS) is 16.8. The fourth-order valence-electron chi connectivity index (χ4n) is 3.03. The Kier molecular flexibility index (Phi) is 4.62. The van der Waals surface area contributed by atoms with Crippen molar-refractivity contribution in [1.82, 2.24) is 15.1 Å². The lowest BCUT2D eigenvalue weighted by Crippen LogP contribution is -2.09. The van der Waals surface area contributed by atoms with E-state index in [1.54, 1.807) is 12.3 Å². The van der Waals surface area contributed by atoms with Gasteiger partial charge in [0.25, 0.3) is 0 Å². The number of ether oxygens (including phenoxy) is 1. The Bertz CT molecular complexity index is 906. The van der Waals surface area contributed by atoms with Crippen LogP contribution >= 0.6 is 0 Å². The zero-order valence-corrected chi connectivity index (χ0v) is 14.4. The molecule has 2 aromatic heterocycles. The summed E-state index contributed by atoms with van der Waals surface area (Å²) in [5, 5.41) is 7.09. The van der Waals surface area contributed by atoms with E-state index in [4.69, 9.17) is 9.26 Å². The van der Waals surface area contributed by atoms with Crippen LogP contribution < -0.4 is 5.32 Å². The van der Waals surface area contributed by atoms with Gasteiger partial charge in [0.2, 0.25) is 5.95 Å². The molecule has 7 heteroatoms. The first-order valence-electron chi connectivity index (χ1n) is 8.59. The molecule has 1 N–H and O–H groups in total. The molecule has 0 radical (unpaired) electrons. The minimum absolute atomic E-state index is 0.0897. The van der Waals surface area contributed by atoms with Gasteiger partial charge in [-0.05, 0) is 37.5 Å². The zero-order valence-electron chi connectivity index (χ0n) is 14.4. The predicted octanol–water partition coefficient (Wildman–Crippen LogP) is 4.04. The number of halogens is 1. The third-order valence-corrected chi connectivity index (χ3v) is 4.29. The number of hydrogen-bond acceptors (Lipinski definition) is 6. The van der Waals surface area contributed by atoms with E-state index in [1.165, 1.54) is 12.1 Å². The van der Waals surface area contributed by atoms with Gasteiger partial charge in [0, 0.05) is 25.4 Å². The minimum Gasteiger partial charge on any atom is -0.372 e. The number of rotatable bonds is 5. The van der Waals surface area contributed by atoms with Crippen molar-refractivity contribution in [2.75, 3.05) is 11.9 Å². The molecule has 1 fully saturated rings. The van der Waals surface area contributed by atoms with Crippen LogP contribution in [-0.4, -0.2) is 21.7 Å². The molecule has 1 saturated heterocycles. The first-order valence-corrected chi connectivity index (χ1v) is 8.59. The average Bonchev–Trinajstić information content (AvgIpc) is 3.31. The van der Waals surface area contributed by atoms with Gasteiger partial charge in [-0.1, -0.05) is 17.3 Å². The highest BCUT2D eigenvalue weighted by Crippen LogP contribution is 2.34. The number of benzene rings is 1. The van der Waals surface area contributed by atoms with Gasteiger partial charge in [-0.15, -0.1) is 0 Å². The van der Waals surface area contributed by atoms with Crippen molar-refractivity contribution in [2.45, 2.75) is 32.4 Å². The van der Waals surface area contributed by atoms with Crippen LogP contribution in [0.3, 0.4) is 0 Å². The Labute approximate surface area is 150 Å². The average molecular weight is 354 g/mol. The molecular weight excluding hydrogens is 335 g/mol. The standard InChI is InChI=1S/C19H19FN4O2/c1-12-8-17(26-24-12)15-11-22-19(23-18(15)16-6-3-7-25-16)21-10-13-4-2-5-14(20)9-13/h2,4-5,8-9,11,16H,3,6-7,10H2,1H3,(H,21,22,23)/t16-/m1/s1. The lowest BCUT2D eigenvalue weighted by atomic mass is 10.1. The van der Waals surface area contributed by atoms with Crippen LogP contribution in [0.25, 0.3) is 11.3 Å². The van der Waals surface area contributed by atoms with Gasteiger partial charge in [0.05, 0.1) is 17.0 Å². The molecule has 0 spiro atoms. The molecule has 4 rings (SSSR count). The van der Waals surface area contributed by atoms with Crippen molar-refractivity contribution in [3.05, 3.63) is 59.3 Å². The van der Waals surface area contributed by atoms with Gasteiger partial charge >= 0.3 is 0 Å². The first kappa shape index (κ1) is 16.7. The van der Waals surface area contributed by atoms with Gasteiger partial charge in [-0.25, -0.2) is 14.4 Å². The van der Waals surface area contributed by atoms with Crippen LogP contribution in [0, 0.1) is 12.7 Å². The van der Waals surface area contributed by atoms with Crippen LogP contribution in [0.2, 0.25) is 0 Å². The maximum atomic E-state index is 13.3. The number of anilines is 1. The molecule has 0 aliphatic carbocycles. The second-order valence-corrected chi connectivity index (χ2v) is 6.31. The fraction of sp³-hybridized carbons (Fsp3) is 0.316. The Morgan fingerprint density at radius 2 is 2.23 bits per heavy atom. The molecular formula is C19H19FN4O2. The first-order chi connectivity index (χ1) is 12.7. The summed E-state index contributed by atoms with van der Waals surface area (Å²) in [4.78, 5) is 9.02. The monoisotopic (exact) mass is 354 g/mol. The summed E-state index contributed by atoms with van der Waals surface area (Å²) in [6, 6.07) is 8.30. The Morgan fingerprint density at radius 1 is 1.31 bits per heavy atom. The third kappa shape index (κ3) is 3.57. The molecule has 3 aromatic rings. The molecule has 3 heterocycles. The molecule has 0 saturated carbocycles. The molecule has 1 aromatic carbocycles. The largest absolute Gasteiger partial charge is 0.372 e. The lowest BCUT2D eigenvalue weighted by Gasteiger charge is -2.14. The molecule has 1 atom stereocenters. The Morgan fingerprint density at radius 3 is 2.96 bits per heavy atom. The van der Waals surface area contributed by atoms with Crippen molar-refractivity contribution in [1.29, 1.82) is 0 Å². The van der Waals surface area contributed by atoms with Crippen LogP contribution in [-0.2, 0) is 11.3 Å². The SMILES string of the molecule is Cc1cc(-c2cnc(NCc3cccc(F)c3)nc2[C@H]2CCCO2)on1. The maximum absolute atomic E-state index is 13.3. The molecule has 0 unspecified atom stereocenters. The van der Waals surface area contributed by atoms with Gasteiger partial charge in [0.1, 0.15) is 11.9 Å². The molecule has 1 aliphatic rings. The van der Waals surface area contributed by atoms with Crippen LogP contribution in [0.15, 0.2) is 41.1 Å². The summed E-state index contributed by atoms with van der Waals surface area (Å²) in [6.45, 7) is 3.02. The van der Waals surface area contributed by atoms with E-state index in [0.29, 0.717) is 18.3 Å². The van der Waals surface area contributed by atoms with Crippen molar-refractivity contribution >= 4 is 5.95 Å². The quantitative estimate of drug-likeness (QED) is 0.745. The number of hydrogen-bond donors (Lipinski definition) is 1. The zero-order chi connectivity index (χ0) is 17.9. The van der Waals surface area contributed by atoms with Crippen LogP contribution in [0.1, 0.15) is 35.9 Å². The second-order valence-electron chi connectivity index (χ2n) is 6.31. The van der Waals surface area contributed by atoms with Gasteiger partial charge < -0.3 is 14.6 Å². The smallest absolute Gasteiger partial charge is 0.223 e. The molecule has 0 bridgehead atoms. The van der Waals surface area contributed by atoms with E-state index in [-0.39, 0.29) is 11.9 Å². The maximum Gasteiger partial charge on any atom is 0.223 e. The summed E-state index contributed by atoms with van der Waals surface area (Å²) in [5.41, 5.74) is 3.19. The van der Waals surface area contributed by atoms with Gasteiger partial charge in [-0.2, -0.15) is 0 Å². The Hall–Kier alpha value is -2.80. The van der Waals surface area contributed by atoms with Crippen molar-refractivity contribution in [3.8, 4) is 11.3 Å². The fourth-order valence-corrected chi connectivity index (χ4v) is 3.03. The third-order valence-electron chi connectivity index (χ3n) is 4.29. The molecule has 134 valence electrons.